The van der Waals surface area contributed by atoms with E-state index in [1.54, 1.807) is 0 Å². The Hall–Kier alpha value is -1.04. The SMILES string of the molecule is O=C(COCC(=S)NC(CS)C(=O)O)NC(CS)C(=O)O. The second-order valence-electron chi connectivity index (χ2n) is 3.77. The second-order valence-corrected chi connectivity index (χ2v) is 5.00. The molecule has 0 aromatic carbocycles. The maximum Gasteiger partial charge on any atom is 0.327 e. The second kappa shape index (κ2) is 10.7. The van der Waals surface area contributed by atoms with E-state index in [1.165, 1.54) is 0 Å². The molecule has 0 heterocycles. The molecule has 21 heavy (non-hydrogen) atoms. The van der Waals surface area contributed by atoms with Gasteiger partial charge in [-0.2, -0.15) is 25.3 Å². The Morgan fingerprint density at radius 2 is 1.48 bits per heavy atom. The first kappa shape index (κ1) is 20.0. The summed E-state index contributed by atoms with van der Waals surface area (Å²) in [5.41, 5.74) is 0. The monoisotopic (exact) mass is 356 g/mol. The predicted molar refractivity (Wildman–Crippen MR) is 85.2 cm³/mol. The third kappa shape index (κ3) is 8.75. The quantitative estimate of drug-likeness (QED) is 0.213. The lowest BCUT2D eigenvalue weighted by Crippen LogP contribution is -2.45. The molecule has 0 fully saturated rings. The van der Waals surface area contributed by atoms with E-state index in [9.17, 15) is 14.4 Å². The highest BCUT2D eigenvalue weighted by molar-refractivity contribution is 7.80. The van der Waals surface area contributed by atoms with Crippen LogP contribution in [-0.4, -0.2) is 69.9 Å². The molecule has 0 aliphatic heterocycles. The highest BCUT2D eigenvalue weighted by Gasteiger charge is 2.19. The van der Waals surface area contributed by atoms with E-state index in [1.807, 2.05) is 0 Å². The molecule has 4 N–H and O–H groups in total. The lowest BCUT2D eigenvalue weighted by molar-refractivity contribution is -0.141. The predicted octanol–water partition coefficient (Wildman–Crippen LogP) is -1.20. The Morgan fingerprint density at radius 3 is 1.90 bits per heavy atom. The molecule has 0 bridgehead atoms. The summed E-state index contributed by atoms with van der Waals surface area (Å²) in [5, 5.41) is 22.2. The molecule has 0 saturated heterocycles. The van der Waals surface area contributed by atoms with Crippen molar-refractivity contribution < 1.29 is 29.3 Å². The van der Waals surface area contributed by atoms with Gasteiger partial charge in [-0.15, -0.1) is 0 Å². The molecule has 0 spiro atoms. The first-order valence-corrected chi connectivity index (χ1v) is 7.32. The van der Waals surface area contributed by atoms with Crippen LogP contribution in [0.3, 0.4) is 0 Å². The van der Waals surface area contributed by atoms with Gasteiger partial charge in [-0.25, -0.2) is 9.59 Å². The molecule has 0 aromatic heterocycles. The summed E-state index contributed by atoms with van der Waals surface area (Å²) in [6, 6.07) is -2.05. The van der Waals surface area contributed by atoms with E-state index in [4.69, 9.17) is 27.2 Å². The average molecular weight is 356 g/mol. The van der Waals surface area contributed by atoms with Crippen LogP contribution in [0.25, 0.3) is 0 Å². The van der Waals surface area contributed by atoms with Crippen molar-refractivity contribution in [3.8, 4) is 0 Å². The number of carboxylic acids is 2. The van der Waals surface area contributed by atoms with E-state index >= 15 is 0 Å². The van der Waals surface area contributed by atoms with Crippen LogP contribution in [0.4, 0.5) is 0 Å². The molecular weight excluding hydrogens is 340 g/mol. The number of hydrogen-bond acceptors (Lipinski definition) is 7. The molecule has 2 atom stereocenters. The number of carbonyl (C=O) groups is 3. The van der Waals surface area contributed by atoms with E-state index in [2.05, 4.69) is 35.9 Å². The fraction of sp³-hybridized carbons (Fsp3) is 0.600. The van der Waals surface area contributed by atoms with Gasteiger partial charge in [-0.05, 0) is 0 Å². The maximum absolute atomic E-state index is 11.4. The average Bonchev–Trinajstić information content (AvgIpc) is 2.41. The lowest BCUT2D eigenvalue weighted by atomic mass is 10.3. The Bertz CT molecular complexity index is 370. The minimum absolute atomic E-state index is 0.0399. The minimum atomic E-state index is -1.20. The topological polar surface area (TPSA) is 125 Å². The van der Waals surface area contributed by atoms with Crippen molar-refractivity contribution in [3.63, 3.8) is 0 Å². The molecule has 2 unspecified atom stereocenters. The Balaban J connectivity index is 4.03. The Labute approximate surface area is 137 Å². The van der Waals surface area contributed by atoms with Gasteiger partial charge in [0.15, 0.2) is 0 Å². The molecule has 0 rings (SSSR count). The third-order valence-electron chi connectivity index (χ3n) is 2.10. The summed E-state index contributed by atoms with van der Waals surface area (Å²) < 4.78 is 4.96. The van der Waals surface area contributed by atoms with Gasteiger partial charge in [0.25, 0.3) is 0 Å². The molecule has 0 aliphatic rings. The number of carboxylic acid groups (broad SMARTS) is 2. The van der Waals surface area contributed by atoms with Gasteiger partial charge < -0.3 is 25.6 Å². The first-order chi connectivity index (χ1) is 9.81. The number of nitrogens with one attached hydrogen (secondary N) is 2. The summed E-state index contributed by atoms with van der Waals surface area (Å²) >= 11 is 12.5. The molecule has 0 radical (unpaired) electrons. The molecule has 0 aliphatic carbocycles. The minimum Gasteiger partial charge on any atom is -0.480 e. The van der Waals surface area contributed by atoms with Crippen molar-refractivity contribution in [2.75, 3.05) is 24.7 Å². The lowest BCUT2D eigenvalue weighted by Gasteiger charge is -2.15. The summed E-state index contributed by atoms with van der Waals surface area (Å²) in [6.07, 6.45) is 0. The van der Waals surface area contributed by atoms with E-state index in [0.717, 1.165) is 0 Å². The van der Waals surface area contributed by atoms with Crippen LogP contribution in [0.5, 0.6) is 0 Å². The summed E-state index contributed by atoms with van der Waals surface area (Å²) in [4.78, 5) is 32.9. The van der Waals surface area contributed by atoms with Gasteiger partial charge >= 0.3 is 11.9 Å². The third-order valence-corrected chi connectivity index (χ3v) is 3.06. The van der Waals surface area contributed by atoms with Gasteiger partial charge in [0.1, 0.15) is 23.7 Å². The number of carbonyl (C=O) groups excluding carboxylic acids is 1. The number of rotatable bonds is 10. The van der Waals surface area contributed by atoms with Crippen LogP contribution in [0.15, 0.2) is 0 Å². The van der Waals surface area contributed by atoms with Crippen LogP contribution >= 0.6 is 37.5 Å². The largest absolute Gasteiger partial charge is 0.480 e. The number of hydrogen-bond donors (Lipinski definition) is 6. The number of thiocarbonyl (C=S) groups is 1. The molecular formula is C10H16N2O6S3. The van der Waals surface area contributed by atoms with Crippen molar-refractivity contribution in [1.29, 1.82) is 0 Å². The normalized spacial score (nSPS) is 13.0. The Kier molecular flexibility index (Phi) is 10.1. The zero-order valence-corrected chi connectivity index (χ0v) is 13.4. The number of aliphatic carboxylic acids is 2. The van der Waals surface area contributed by atoms with E-state index in [0.29, 0.717) is 0 Å². The van der Waals surface area contributed by atoms with E-state index in [-0.39, 0.29) is 23.1 Å². The smallest absolute Gasteiger partial charge is 0.327 e. The van der Waals surface area contributed by atoms with Crippen molar-refractivity contribution >= 4 is 60.3 Å². The fourth-order valence-corrected chi connectivity index (χ4v) is 1.80. The van der Waals surface area contributed by atoms with Crippen molar-refractivity contribution in [3.05, 3.63) is 0 Å². The van der Waals surface area contributed by atoms with Gasteiger partial charge in [-0.3, -0.25) is 4.79 Å². The van der Waals surface area contributed by atoms with Gasteiger partial charge in [0, 0.05) is 11.5 Å². The van der Waals surface area contributed by atoms with Crippen LogP contribution < -0.4 is 10.6 Å². The van der Waals surface area contributed by atoms with Gasteiger partial charge in [0.2, 0.25) is 5.91 Å². The fourth-order valence-electron chi connectivity index (χ4n) is 1.08. The maximum atomic E-state index is 11.4. The van der Waals surface area contributed by atoms with E-state index < -0.39 is 36.5 Å². The van der Waals surface area contributed by atoms with Crippen LogP contribution in [0.1, 0.15) is 0 Å². The van der Waals surface area contributed by atoms with Gasteiger partial charge in [0.05, 0.1) is 6.61 Å². The van der Waals surface area contributed by atoms with Crippen molar-refractivity contribution in [2.24, 2.45) is 0 Å². The molecule has 0 aromatic rings. The number of ether oxygens (including phenoxy) is 1. The number of amides is 1. The summed E-state index contributed by atoms with van der Waals surface area (Å²) in [5.74, 6) is -2.96. The zero-order valence-electron chi connectivity index (χ0n) is 10.8. The summed E-state index contributed by atoms with van der Waals surface area (Å²) in [6.45, 7) is -0.573. The van der Waals surface area contributed by atoms with Gasteiger partial charge in [-0.1, -0.05) is 12.2 Å². The van der Waals surface area contributed by atoms with Crippen molar-refractivity contribution in [2.45, 2.75) is 12.1 Å². The number of thiol groups is 2. The molecule has 1 amide bonds. The van der Waals surface area contributed by atoms with Crippen molar-refractivity contribution in [1.82, 2.24) is 10.6 Å². The van der Waals surface area contributed by atoms with Crippen LogP contribution in [0.2, 0.25) is 0 Å². The summed E-state index contributed by atoms with van der Waals surface area (Å²) in [7, 11) is 0. The van der Waals surface area contributed by atoms with Crippen LogP contribution in [0, 0.1) is 0 Å². The highest BCUT2D eigenvalue weighted by atomic mass is 32.1. The Morgan fingerprint density at radius 1 is 1.00 bits per heavy atom. The highest BCUT2D eigenvalue weighted by Crippen LogP contribution is 1.91. The molecule has 11 heteroatoms. The van der Waals surface area contributed by atoms with Crippen LogP contribution in [-0.2, 0) is 19.1 Å². The molecule has 8 nitrogen and oxygen atoms in total. The standard InChI is InChI=1S/C10H16N2O6S3/c13-7(11-5(3-19)9(14)15)1-18-2-8(21)12-6(4-20)10(16)17/h5-6,19-20H,1-4H2,(H,11,13)(H,12,21)(H,14,15)(H,16,17). The zero-order chi connectivity index (χ0) is 16.4. The first-order valence-electron chi connectivity index (χ1n) is 5.65. The molecule has 0 saturated carbocycles. The molecule has 120 valence electrons.